The summed E-state index contributed by atoms with van der Waals surface area (Å²) in [6.45, 7) is 3.32. The minimum atomic E-state index is 0.782. The monoisotopic (exact) mass is 386 g/mol. The molecule has 0 fully saturated rings. The quantitative estimate of drug-likeness (QED) is 0.268. The summed E-state index contributed by atoms with van der Waals surface area (Å²) in [5, 5.41) is 0.782. The number of nitrogens with zero attached hydrogens (tertiary/aromatic N) is 2. The molecule has 0 saturated carbocycles. The molecule has 3 aromatic rings. The minimum absolute atomic E-state index is 0.782. The van der Waals surface area contributed by atoms with Crippen molar-refractivity contribution < 1.29 is 0 Å². The van der Waals surface area contributed by atoms with Gasteiger partial charge in [-0.25, -0.2) is 4.98 Å². The van der Waals surface area contributed by atoms with E-state index in [0.717, 1.165) is 22.8 Å². The average molecular weight is 387 g/mol. The van der Waals surface area contributed by atoms with Gasteiger partial charge in [-0.1, -0.05) is 62.8 Å². The van der Waals surface area contributed by atoms with Gasteiger partial charge in [0.05, 0.1) is 16.8 Å². The van der Waals surface area contributed by atoms with E-state index in [1.807, 2.05) is 23.9 Å². The van der Waals surface area contributed by atoms with Gasteiger partial charge in [-0.2, -0.15) is 0 Å². The highest BCUT2D eigenvalue weighted by molar-refractivity contribution is 7.98. The standard InChI is InChI=1S/C22H27ClN2S/c1-2-3-4-5-6-9-16-25-21-11-8-7-10-20(21)24-22(25)17-26-19-14-12-18(23)13-15-19/h7-8,10-15H,2-6,9,16-17H2,1H3. The van der Waals surface area contributed by atoms with Gasteiger partial charge in [-0.15, -0.1) is 11.8 Å². The third-order valence-electron chi connectivity index (χ3n) is 4.65. The molecule has 2 aromatic carbocycles. The highest BCUT2D eigenvalue weighted by atomic mass is 35.5. The average Bonchev–Trinajstić information content (AvgIpc) is 3.02. The van der Waals surface area contributed by atoms with Crippen LogP contribution in [0.5, 0.6) is 0 Å². The van der Waals surface area contributed by atoms with E-state index in [1.54, 1.807) is 0 Å². The second kappa shape index (κ2) is 10.0. The Labute approximate surface area is 166 Å². The molecule has 0 atom stereocenters. The first-order chi connectivity index (χ1) is 12.8. The summed E-state index contributed by atoms with van der Waals surface area (Å²) in [6, 6.07) is 16.5. The molecule has 0 aliphatic carbocycles. The Morgan fingerprint density at radius 1 is 0.923 bits per heavy atom. The van der Waals surface area contributed by atoms with Crippen LogP contribution in [0.2, 0.25) is 5.02 Å². The van der Waals surface area contributed by atoms with E-state index in [2.05, 4.69) is 47.9 Å². The lowest BCUT2D eigenvalue weighted by Crippen LogP contribution is -2.03. The fraction of sp³-hybridized carbons (Fsp3) is 0.409. The highest BCUT2D eigenvalue weighted by Gasteiger charge is 2.10. The molecule has 0 saturated heterocycles. The molecular weight excluding hydrogens is 360 g/mol. The molecule has 138 valence electrons. The van der Waals surface area contributed by atoms with Gasteiger partial charge in [0, 0.05) is 16.5 Å². The number of rotatable bonds is 10. The molecule has 1 heterocycles. The first-order valence-electron chi connectivity index (χ1n) is 9.60. The largest absolute Gasteiger partial charge is 0.327 e. The molecule has 0 aliphatic rings. The van der Waals surface area contributed by atoms with E-state index in [4.69, 9.17) is 16.6 Å². The van der Waals surface area contributed by atoms with Crippen LogP contribution in [0.15, 0.2) is 53.4 Å². The molecule has 4 heteroatoms. The summed E-state index contributed by atoms with van der Waals surface area (Å²) in [7, 11) is 0. The first kappa shape index (κ1) is 19.3. The van der Waals surface area contributed by atoms with Crippen LogP contribution in [-0.4, -0.2) is 9.55 Å². The smallest absolute Gasteiger partial charge is 0.120 e. The maximum atomic E-state index is 5.98. The van der Waals surface area contributed by atoms with Crippen molar-refractivity contribution in [2.24, 2.45) is 0 Å². The number of unbranched alkanes of at least 4 members (excludes halogenated alkanes) is 5. The van der Waals surface area contributed by atoms with Crippen molar-refractivity contribution >= 4 is 34.4 Å². The van der Waals surface area contributed by atoms with Gasteiger partial charge < -0.3 is 4.57 Å². The molecule has 0 aliphatic heterocycles. The number of aryl methyl sites for hydroxylation is 1. The molecule has 0 spiro atoms. The van der Waals surface area contributed by atoms with Crippen molar-refractivity contribution in [2.75, 3.05) is 0 Å². The van der Waals surface area contributed by atoms with Crippen LogP contribution in [0.25, 0.3) is 11.0 Å². The van der Waals surface area contributed by atoms with Crippen molar-refractivity contribution in [2.45, 2.75) is 62.6 Å². The fourth-order valence-corrected chi connectivity index (χ4v) is 4.18. The van der Waals surface area contributed by atoms with Crippen molar-refractivity contribution in [1.82, 2.24) is 9.55 Å². The molecule has 0 radical (unpaired) electrons. The predicted molar refractivity (Wildman–Crippen MR) is 114 cm³/mol. The summed E-state index contributed by atoms with van der Waals surface area (Å²) >= 11 is 7.80. The summed E-state index contributed by atoms with van der Waals surface area (Å²) in [6.07, 6.45) is 7.89. The molecule has 26 heavy (non-hydrogen) atoms. The topological polar surface area (TPSA) is 17.8 Å². The Morgan fingerprint density at radius 2 is 1.65 bits per heavy atom. The maximum absolute atomic E-state index is 5.98. The molecule has 0 N–H and O–H groups in total. The second-order valence-electron chi connectivity index (χ2n) is 6.68. The number of imidazole rings is 1. The zero-order chi connectivity index (χ0) is 18.2. The SMILES string of the molecule is CCCCCCCCn1c(CSc2ccc(Cl)cc2)nc2ccccc21. The van der Waals surface area contributed by atoms with Gasteiger partial charge in [-0.3, -0.25) is 0 Å². The number of hydrogen-bond acceptors (Lipinski definition) is 2. The third kappa shape index (κ3) is 5.28. The van der Waals surface area contributed by atoms with Gasteiger partial charge in [0.15, 0.2) is 0 Å². The van der Waals surface area contributed by atoms with Crippen LogP contribution < -0.4 is 0 Å². The van der Waals surface area contributed by atoms with E-state index in [-0.39, 0.29) is 0 Å². The van der Waals surface area contributed by atoms with Crippen molar-refractivity contribution in [3.63, 3.8) is 0 Å². The number of aromatic nitrogens is 2. The van der Waals surface area contributed by atoms with E-state index in [9.17, 15) is 0 Å². The van der Waals surface area contributed by atoms with E-state index in [0.29, 0.717) is 0 Å². The van der Waals surface area contributed by atoms with Gasteiger partial charge in [0.1, 0.15) is 5.82 Å². The molecular formula is C22H27ClN2S. The van der Waals surface area contributed by atoms with Crippen molar-refractivity contribution in [3.8, 4) is 0 Å². The number of para-hydroxylation sites is 2. The van der Waals surface area contributed by atoms with E-state index >= 15 is 0 Å². The summed E-state index contributed by atoms with van der Waals surface area (Å²) in [4.78, 5) is 6.12. The predicted octanol–water partition coefficient (Wildman–Crippen LogP) is 7.34. The number of fused-ring (bicyclic) bond motifs is 1. The van der Waals surface area contributed by atoms with Crippen molar-refractivity contribution in [3.05, 3.63) is 59.4 Å². The van der Waals surface area contributed by atoms with Crippen LogP contribution in [0, 0.1) is 0 Å². The highest BCUT2D eigenvalue weighted by Crippen LogP contribution is 2.26. The summed E-state index contributed by atoms with van der Waals surface area (Å²) in [5.74, 6) is 2.05. The summed E-state index contributed by atoms with van der Waals surface area (Å²) in [5.41, 5.74) is 2.36. The van der Waals surface area contributed by atoms with Crippen LogP contribution in [0.3, 0.4) is 0 Å². The lowest BCUT2D eigenvalue weighted by molar-refractivity contribution is 0.557. The maximum Gasteiger partial charge on any atom is 0.120 e. The van der Waals surface area contributed by atoms with Gasteiger partial charge in [-0.05, 0) is 42.8 Å². The van der Waals surface area contributed by atoms with E-state index < -0.39 is 0 Å². The third-order valence-corrected chi connectivity index (χ3v) is 5.91. The lowest BCUT2D eigenvalue weighted by Gasteiger charge is -2.09. The number of hydrogen-bond donors (Lipinski definition) is 0. The van der Waals surface area contributed by atoms with Crippen LogP contribution in [0.1, 0.15) is 51.3 Å². The molecule has 0 unspecified atom stereocenters. The fourth-order valence-electron chi connectivity index (χ4n) is 3.21. The van der Waals surface area contributed by atoms with Crippen LogP contribution in [-0.2, 0) is 12.3 Å². The number of thioether (sulfide) groups is 1. The Hall–Kier alpha value is -1.45. The molecule has 0 bridgehead atoms. The van der Waals surface area contributed by atoms with Gasteiger partial charge >= 0.3 is 0 Å². The molecule has 0 amide bonds. The zero-order valence-corrected chi connectivity index (χ0v) is 17.0. The van der Waals surface area contributed by atoms with E-state index in [1.165, 1.54) is 54.8 Å². The van der Waals surface area contributed by atoms with Gasteiger partial charge in [0.25, 0.3) is 0 Å². The molecule has 2 nitrogen and oxygen atoms in total. The number of benzene rings is 2. The van der Waals surface area contributed by atoms with Crippen molar-refractivity contribution in [1.29, 1.82) is 0 Å². The van der Waals surface area contributed by atoms with Crippen LogP contribution >= 0.6 is 23.4 Å². The minimum Gasteiger partial charge on any atom is -0.327 e. The Kier molecular flexibility index (Phi) is 7.45. The first-order valence-corrected chi connectivity index (χ1v) is 11.0. The number of halogens is 1. The second-order valence-corrected chi connectivity index (χ2v) is 8.16. The Balaban J connectivity index is 1.66. The normalized spacial score (nSPS) is 11.3. The molecule has 1 aromatic heterocycles. The van der Waals surface area contributed by atoms with Crippen LogP contribution in [0.4, 0.5) is 0 Å². The Morgan fingerprint density at radius 3 is 2.46 bits per heavy atom. The summed E-state index contributed by atoms with van der Waals surface area (Å²) < 4.78 is 2.41. The van der Waals surface area contributed by atoms with Gasteiger partial charge in [0.2, 0.25) is 0 Å². The lowest BCUT2D eigenvalue weighted by atomic mass is 10.1. The zero-order valence-electron chi connectivity index (χ0n) is 15.5. The molecule has 3 rings (SSSR count). The Bertz CT molecular complexity index is 811.